The van der Waals surface area contributed by atoms with Crippen molar-refractivity contribution in [1.29, 1.82) is 0 Å². The van der Waals surface area contributed by atoms with Crippen LogP contribution in [0.1, 0.15) is 25.7 Å². The van der Waals surface area contributed by atoms with Gasteiger partial charge in [0.2, 0.25) is 5.95 Å². The zero-order valence-corrected chi connectivity index (χ0v) is 16.2. The molecule has 7 nitrogen and oxygen atoms in total. The van der Waals surface area contributed by atoms with Crippen LogP contribution >= 0.6 is 11.6 Å². The molecule has 1 aliphatic carbocycles. The first kappa shape index (κ1) is 18.8. The van der Waals surface area contributed by atoms with E-state index in [9.17, 15) is 4.39 Å². The molecule has 0 radical (unpaired) electrons. The molecule has 0 amide bonds. The summed E-state index contributed by atoms with van der Waals surface area (Å²) in [5, 5.41) is 9.93. The van der Waals surface area contributed by atoms with Gasteiger partial charge in [0.15, 0.2) is 5.82 Å². The summed E-state index contributed by atoms with van der Waals surface area (Å²) in [6.45, 7) is 0. The molecule has 3 aromatic rings. The lowest BCUT2D eigenvalue weighted by Crippen LogP contribution is -2.35. The van der Waals surface area contributed by atoms with Crippen molar-refractivity contribution in [2.45, 2.75) is 37.8 Å². The molecule has 0 atom stereocenters. The topological polar surface area (TPSA) is 87.7 Å². The van der Waals surface area contributed by atoms with Crippen LogP contribution < -0.4 is 16.0 Å². The summed E-state index contributed by atoms with van der Waals surface area (Å²) in [6, 6.07) is 5.33. The first-order valence-corrected chi connectivity index (χ1v) is 9.64. The molecular formula is C19H21ClFN7. The van der Waals surface area contributed by atoms with Gasteiger partial charge in [0.05, 0.1) is 11.2 Å². The predicted molar refractivity (Wildman–Crippen MR) is 109 cm³/mol. The zero-order chi connectivity index (χ0) is 19.5. The largest absolute Gasteiger partial charge is 0.351 e. The molecule has 0 saturated heterocycles. The second-order valence-electron chi connectivity index (χ2n) is 6.89. The molecule has 1 saturated carbocycles. The van der Waals surface area contributed by atoms with Crippen LogP contribution in [0.25, 0.3) is 11.0 Å². The second-order valence-corrected chi connectivity index (χ2v) is 7.29. The van der Waals surface area contributed by atoms with E-state index in [0.29, 0.717) is 40.6 Å². The van der Waals surface area contributed by atoms with Crippen molar-refractivity contribution in [1.82, 2.24) is 25.3 Å². The number of fused-ring (bicyclic) bond motifs is 1. The minimum atomic E-state index is -0.471. The number of benzene rings is 1. The standard InChI is InChI=1S/C19H21ClFN7/c1-22-11-2-4-12(5-3-11)27-19-23-9-16-17(28-19)18(25-10-24-16)26-13-6-7-15(21)14(20)8-13/h6-12,22H,2-5H2,1H3,(H,23,27,28)(H,24,25,26). The van der Waals surface area contributed by atoms with Crippen molar-refractivity contribution in [3.8, 4) is 0 Å². The predicted octanol–water partition coefficient (Wildman–Crippen LogP) is 3.90. The van der Waals surface area contributed by atoms with E-state index < -0.39 is 5.82 Å². The summed E-state index contributed by atoms with van der Waals surface area (Å²) in [4.78, 5) is 17.5. The van der Waals surface area contributed by atoms with Gasteiger partial charge in [-0.15, -0.1) is 0 Å². The molecule has 2 aromatic heterocycles. The number of aromatic nitrogens is 4. The van der Waals surface area contributed by atoms with Crippen molar-refractivity contribution >= 4 is 40.1 Å². The summed E-state index contributed by atoms with van der Waals surface area (Å²) >= 11 is 5.86. The normalized spacial score (nSPS) is 19.5. The maximum atomic E-state index is 13.4. The molecule has 28 heavy (non-hydrogen) atoms. The van der Waals surface area contributed by atoms with Crippen LogP contribution in [0.3, 0.4) is 0 Å². The third-order valence-electron chi connectivity index (χ3n) is 5.03. The third-order valence-corrected chi connectivity index (χ3v) is 5.32. The Morgan fingerprint density at radius 1 is 1.07 bits per heavy atom. The van der Waals surface area contributed by atoms with E-state index in [-0.39, 0.29) is 5.02 Å². The highest BCUT2D eigenvalue weighted by Gasteiger charge is 2.20. The summed E-state index contributed by atoms with van der Waals surface area (Å²) in [6.07, 6.45) is 7.50. The van der Waals surface area contributed by atoms with Gasteiger partial charge in [-0.1, -0.05) is 11.6 Å². The molecule has 0 bridgehead atoms. The summed E-state index contributed by atoms with van der Waals surface area (Å²) < 4.78 is 13.4. The molecule has 3 N–H and O–H groups in total. The zero-order valence-electron chi connectivity index (χ0n) is 15.4. The Balaban J connectivity index is 1.56. The Morgan fingerprint density at radius 3 is 2.61 bits per heavy atom. The molecule has 2 heterocycles. The van der Waals surface area contributed by atoms with Gasteiger partial charge >= 0.3 is 0 Å². The fourth-order valence-corrected chi connectivity index (χ4v) is 3.62. The monoisotopic (exact) mass is 401 g/mol. The Labute approximate surface area is 167 Å². The third kappa shape index (κ3) is 4.13. The van der Waals surface area contributed by atoms with Gasteiger partial charge in [0.1, 0.15) is 23.2 Å². The number of nitrogens with one attached hydrogen (secondary N) is 3. The Morgan fingerprint density at radius 2 is 1.86 bits per heavy atom. The van der Waals surface area contributed by atoms with Crippen LogP contribution in [0.5, 0.6) is 0 Å². The fraction of sp³-hybridized carbons (Fsp3) is 0.368. The average Bonchev–Trinajstić information content (AvgIpc) is 2.72. The van der Waals surface area contributed by atoms with E-state index in [1.807, 2.05) is 7.05 Å². The van der Waals surface area contributed by atoms with E-state index in [0.717, 1.165) is 25.7 Å². The van der Waals surface area contributed by atoms with Crippen molar-refractivity contribution < 1.29 is 4.39 Å². The lowest BCUT2D eigenvalue weighted by atomic mass is 9.91. The van der Waals surface area contributed by atoms with E-state index in [4.69, 9.17) is 11.6 Å². The van der Waals surface area contributed by atoms with Crippen LogP contribution in [0.15, 0.2) is 30.7 Å². The summed E-state index contributed by atoms with van der Waals surface area (Å²) in [5.74, 6) is 0.592. The molecular weight excluding hydrogens is 381 g/mol. The van der Waals surface area contributed by atoms with Crippen molar-refractivity contribution in [2.24, 2.45) is 0 Å². The van der Waals surface area contributed by atoms with Gasteiger partial charge < -0.3 is 16.0 Å². The molecule has 9 heteroatoms. The van der Waals surface area contributed by atoms with E-state index in [2.05, 4.69) is 35.9 Å². The van der Waals surface area contributed by atoms with Gasteiger partial charge in [-0.25, -0.2) is 24.3 Å². The molecule has 1 aromatic carbocycles. The molecule has 1 aliphatic rings. The quantitative estimate of drug-likeness (QED) is 0.597. The first-order valence-electron chi connectivity index (χ1n) is 9.26. The van der Waals surface area contributed by atoms with Gasteiger partial charge in [0, 0.05) is 17.8 Å². The highest BCUT2D eigenvalue weighted by Crippen LogP contribution is 2.26. The van der Waals surface area contributed by atoms with Crippen LogP contribution in [0, 0.1) is 5.82 Å². The molecule has 0 spiro atoms. The van der Waals surface area contributed by atoms with E-state index in [1.54, 1.807) is 12.3 Å². The molecule has 4 rings (SSSR count). The summed E-state index contributed by atoms with van der Waals surface area (Å²) in [5.41, 5.74) is 1.82. The Bertz CT molecular complexity index is 976. The van der Waals surface area contributed by atoms with Crippen LogP contribution in [-0.4, -0.2) is 39.1 Å². The first-order chi connectivity index (χ1) is 13.6. The van der Waals surface area contributed by atoms with Crippen molar-refractivity contribution in [3.05, 3.63) is 41.6 Å². The summed E-state index contributed by atoms with van der Waals surface area (Å²) in [7, 11) is 2.01. The van der Waals surface area contributed by atoms with E-state index in [1.165, 1.54) is 18.5 Å². The van der Waals surface area contributed by atoms with Crippen LogP contribution in [0.4, 0.5) is 21.8 Å². The number of halogens is 2. The Hall–Kier alpha value is -2.58. The minimum absolute atomic E-state index is 0.0394. The maximum absolute atomic E-state index is 13.4. The highest BCUT2D eigenvalue weighted by atomic mass is 35.5. The van der Waals surface area contributed by atoms with Gasteiger partial charge in [-0.2, -0.15) is 0 Å². The highest BCUT2D eigenvalue weighted by molar-refractivity contribution is 6.31. The number of nitrogens with zero attached hydrogens (tertiary/aromatic N) is 4. The number of anilines is 3. The van der Waals surface area contributed by atoms with Crippen molar-refractivity contribution in [3.63, 3.8) is 0 Å². The maximum Gasteiger partial charge on any atom is 0.223 e. The Kier molecular flexibility index (Phi) is 5.50. The van der Waals surface area contributed by atoms with Crippen LogP contribution in [0.2, 0.25) is 5.02 Å². The van der Waals surface area contributed by atoms with Crippen molar-refractivity contribution in [2.75, 3.05) is 17.7 Å². The lowest BCUT2D eigenvalue weighted by molar-refractivity contribution is 0.370. The number of hydrogen-bond donors (Lipinski definition) is 3. The average molecular weight is 402 g/mol. The second kappa shape index (κ2) is 8.20. The van der Waals surface area contributed by atoms with Gasteiger partial charge in [-0.05, 0) is 50.9 Å². The van der Waals surface area contributed by atoms with Crippen LogP contribution in [-0.2, 0) is 0 Å². The molecule has 1 fully saturated rings. The van der Waals surface area contributed by atoms with Gasteiger partial charge in [0.25, 0.3) is 0 Å². The minimum Gasteiger partial charge on any atom is -0.351 e. The SMILES string of the molecule is CNC1CCC(Nc2ncc3ncnc(Nc4ccc(F)c(Cl)c4)c3n2)CC1. The molecule has 0 aliphatic heterocycles. The fourth-order valence-electron chi connectivity index (χ4n) is 3.43. The smallest absolute Gasteiger partial charge is 0.223 e. The van der Waals surface area contributed by atoms with E-state index >= 15 is 0 Å². The number of rotatable bonds is 5. The molecule has 146 valence electrons. The molecule has 0 unspecified atom stereocenters. The lowest BCUT2D eigenvalue weighted by Gasteiger charge is -2.28. The van der Waals surface area contributed by atoms with Gasteiger partial charge in [-0.3, -0.25) is 0 Å². The number of hydrogen-bond acceptors (Lipinski definition) is 7.